The number of hydrogen-bond donors (Lipinski definition) is 3. The van der Waals surface area contributed by atoms with Crippen molar-refractivity contribution in [3.05, 3.63) is 36.5 Å². The zero-order valence-electron chi connectivity index (χ0n) is 16.3. The minimum atomic E-state index is -1.08. The molecule has 0 spiro atoms. The molecule has 158 valence electrons. The first-order valence-corrected chi connectivity index (χ1v) is 9.02. The first kappa shape index (κ1) is 25.6. The minimum absolute atomic E-state index is 0.0537. The predicted octanol–water partition coefficient (Wildman–Crippen LogP) is 1.91. The summed E-state index contributed by atoms with van der Waals surface area (Å²) in [7, 11) is 0. The van der Waals surface area contributed by atoms with E-state index in [1.807, 2.05) is 0 Å². The predicted molar refractivity (Wildman–Crippen MR) is 102 cm³/mol. The Labute approximate surface area is 165 Å². The number of carboxylic acid groups (broad SMARTS) is 1. The monoisotopic (exact) mass is 398 g/mol. The van der Waals surface area contributed by atoms with Crippen LogP contribution in [-0.2, 0) is 23.9 Å². The molecule has 2 unspecified atom stereocenters. The van der Waals surface area contributed by atoms with Crippen LogP contribution < -0.4 is 0 Å². The van der Waals surface area contributed by atoms with E-state index >= 15 is 0 Å². The molecule has 0 radical (unpaired) electrons. The molecule has 0 aromatic heterocycles. The molecule has 0 saturated carbocycles. The molecule has 0 amide bonds. The van der Waals surface area contributed by atoms with E-state index in [-0.39, 0.29) is 55.6 Å². The van der Waals surface area contributed by atoms with E-state index in [4.69, 9.17) is 19.7 Å². The molecule has 8 nitrogen and oxygen atoms in total. The van der Waals surface area contributed by atoms with Crippen molar-refractivity contribution in [1.29, 1.82) is 0 Å². The number of carbonyl (C=O) groups excluding carboxylic acids is 2. The van der Waals surface area contributed by atoms with E-state index in [2.05, 4.69) is 19.7 Å². The van der Waals surface area contributed by atoms with Crippen molar-refractivity contribution >= 4 is 17.9 Å². The SMILES string of the molecule is C=C(CCCOC(=O)C(=C)CCC(C)OC(=O)C(=C)CCC(O)CO)C(=O)O. The molecule has 0 rings (SSSR count). The molecule has 3 N–H and O–H groups in total. The van der Waals surface area contributed by atoms with Crippen LogP contribution in [0.25, 0.3) is 0 Å². The average molecular weight is 398 g/mol. The number of rotatable bonds is 15. The topological polar surface area (TPSA) is 130 Å². The molecule has 2 atom stereocenters. The summed E-state index contributed by atoms with van der Waals surface area (Å²) in [4.78, 5) is 34.3. The number of aliphatic hydroxyl groups excluding tert-OH is 2. The minimum Gasteiger partial charge on any atom is -0.478 e. The first-order valence-electron chi connectivity index (χ1n) is 9.02. The zero-order chi connectivity index (χ0) is 21.7. The molecule has 8 heteroatoms. The Morgan fingerprint density at radius 1 is 0.929 bits per heavy atom. The van der Waals surface area contributed by atoms with Crippen molar-refractivity contribution < 1.29 is 39.2 Å². The third-order valence-corrected chi connectivity index (χ3v) is 3.89. The van der Waals surface area contributed by atoms with E-state index in [0.717, 1.165) is 0 Å². The van der Waals surface area contributed by atoms with E-state index in [0.29, 0.717) is 12.8 Å². The van der Waals surface area contributed by atoms with Gasteiger partial charge in [-0.25, -0.2) is 14.4 Å². The van der Waals surface area contributed by atoms with Gasteiger partial charge in [0.2, 0.25) is 0 Å². The lowest BCUT2D eigenvalue weighted by molar-refractivity contribution is -0.144. The second-order valence-electron chi connectivity index (χ2n) is 6.48. The van der Waals surface area contributed by atoms with Gasteiger partial charge in [0.15, 0.2) is 0 Å². The number of ether oxygens (including phenoxy) is 2. The molecule has 0 aliphatic rings. The van der Waals surface area contributed by atoms with Gasteiger partial charge in [-0.15, -0.1) is 0 Å². The van der Waals surface area contributed by atoms with E-state index in [1.165, 1.54) is 0 Å². The first-order chi connectivity index (χ1) is 13.1. The summed E-state index contributed by atoms with van der Waals surface area (Å²) < 4.78 is 10.2. The number of hydrogen-bond acceptors (Lipinski definition) is 7. The Hall–Kier alpha value is -2.45. The van der Waals surface area contributed by atoms with E-state index in [1.54, 1.807) is 6.92 Å². The van der Waals surface area contributed by atoms with Crippen molar-refractivity contribution in [1.82, 2.24) is 0 Å². The Kier molecular flexibility index (Phi) is 12.5. The molecular weight excluding hydrogens is 368 g/mol. The maximum Gasteiger partial charge on any atom is 0.333 e. The molecule has 0 aromatic rings. The van der Waals surface area contributed by atoms with Gasteiger partial charge in [0.25, 0.3) is 0 Å². The summed E-state index contributed by atoms with van der Waals surface area (Å²) in [6, 6.07) is 0. The highest BCUT2D eigenvalue weighted by Crippen LogP contribution is 2.14. The number of carbonyl (C=O) groups is 3. The maximum absolute atomic E-state index is 11.9. The van der Waals surface area contributed by atoms with Gasteiger partial charge in [-0.3, -0.25) is 0 Å². The van der Waals surface area contributed by atoms with Crippen LogP contribution in [-0.4, -0.2) is 58.6 Å². The Bertz CT molecular complexity index is 593. The summed E-state index contributed by atoms with van der Waals surface area (Å²) in [5.74, 6) is -2.25. The summed E-state index contributed by atoms with van der Waals surface area (Å²) in [6.45, 7) is 12.0. The van der Waals surface area contributed by atoms with Crippen LogP contribution in [0, 0.1) is 0 Å². The van der Waals surface area contributed by atoms with Crippen molar-refractivity contribution in [2.24, 2.45) is 0 Å². The highest BCUT2D eigenvalue weighted by atomic mass is 16.5. The summed E-state index contributed by atoms with van der Waals surface area (Å²) >= 11 is 0. The summed E-state index contributed by atoms with van der Waals surface area (Å²) in [5, 5.41) is 26.7. The molecular formula is C20H30O8. The standard InChI is InChI=1S/C20H30O8/c1-13(18(23)24)6-5-11-27-19(25)14(2)7-9-16(4)28-20(26)15(3)8-10-17(22)12-21/h16-17,21-22H,1-3,5-12H2,4H3,(H,23,24). The van der Waals surface area contributed by atoms with Crippen LogP contribution in [0.3, 0.4) is 0 Å². The zero-order valence-corrected chi connectivity index (χ0v) is 16.3. The van der Waals surface area contributed by atoms with Gasteiger partial charge in [-0.05, 0) is 45.4 Å². The number of esters is 2. The molecule has 0 heterocycles. The van der Waals surface area contributed by atoms with Crippen molar-refractivity contribution in [2.45, 2.75) is 57.7 Å². The highest BCUT2D eigenvalue weighted by molar-refractivity contribution is 5.88. The van der Waals surface area contributed by atoms with Crippen LogP contribution in [0.4, 0.5) is 0 Å². The van der Waals surface area contributed by atoms with Crippen LogP contribution in [0.1, 0.15) is 45.4 Å². The fourth-order valence-corrected chi connectivity index (χ4v) is 2.00. The fraction of sp³-hybridized carbons (Fsp3) is 0.550. The average Bonchev–Trinajstić information content (AvgIpc) is 2.66. The molecule has 0 aliphatic carbocycles. The molecule has 0 bridgehead atoms. The Morgan fingerprint density at radius 3 is 2.07 bits per heavy atom. The lowest BCUT2D eigenvalue weighted by atomic mass is 10.1. The summed E-state index contributed by atoms with van der Waals surface area (Å²) in [6.07, 6.45) is 0.246. The second kappa shape index (κ2) is 13.7. The maximum atomic E-state index is 11.9. The number of aliphatic carboxylic acids is 1. The van der Waals surface area contributed by atoms with Crippen molar-refractivity contribution in [3.8, 4) is 0 Å². The van der Waals surface area contributed by atoms with Gasteiger partial charge in [-0.2, -0.15) is 0 Å². The van der Waals surface area contributed by atoms with E-state index < -0.39 is 30.1 Å². The van der Waals surface area contributed by atoms with Gasteiger partial charge in [-0.1, -0.05) is 19.7 Å². The van der Waals surface area contributed by atoms with Gasteiger partial charge in [0.05, 0.1) is 25.4 Å². The largest absolute Gasteiger partial charge is 0.478 e. The molecule has 28 heavy (non-hydrogen) atoms. The van der Waals surface area contributed by atoms with Gasteiger partial charge in [0.1, 0.15) is 0 Å². The third kappa shape index (κ3) is 11.3. The third-order valence-electron chi connectivity index (χ3n) is 3.89. The molecule has 0 fully saturated rings. The quantitative estimate of drug-likeness (QED) is 0.217. The second-order valence-corrected chi connectivity index (χ2v) is 6.48. The van der Waals surface area contributed by atoms with Crippen LogP contribution >= 0.6 is 0 Å². The molecule has 0 aliphatic heterocycles. The molecule has 0 saturated heterocycles. The van der Waals surface area contributed by atoms with Crippen molar-refractivity contribution in [2.75, 3.05) is 13.2 Å². The Balaban J connectivity index is 4.07. The van der Waals surface area contributed by atoms with Gasteiger partial charge >= 0.3 is 17.9 Å². The van der Waals surface area contributed by atoms with Crippen LogP contribution in [0.2, 0.25) is 0 Å². The van der Waals surface area contributed by atoms with Crippen LogP contribution in [0.5, 0.6) is 0 Å². The molecule has 0 aromatic carbocycles. The normalized spacial score (nSPS) is 12.5. The van der Waals surface area contributed by atoms with Gasteiger partial charge < -0.3 is 24.8 Å². The number of aliphatic hydroxyl groups is 2. The van der Waals surface area contributed by atoms with E-state index in [9.17, 15) is 19.5 Å². The lowest BCUT2D eigenvalue weighted by Gasteiger charge is -2.15. The van der Waals surface area contributed by atoms with Crippen molar-refractivity contribution in [3.63, 3.8) is 0 Å². The Morgan fingerprint density at radius 2 is 1.50 bits per heavy atom. The van der Waals surface area contributed by atoms with Gasteiger partial charge in [0, 0.05) is 16.7 Å². The lowest BCUT2D eigenvalue weighted by Crippen LogP contribution is -2.19. The fourth-order valence-electron chi connectivity index (χ4n) is 2.00. The summed E-state index contributed by atoms with van der Waals surface area (Å²) in [5.41, 5.74) is 0.475. The number of carboxylic acids is 1. The highest BCUT2D eigenvalue weighted by Gasteiger charge is 2.16. The van der Waals surface area contributed by atoms with Crippen LogP contribution in [0.15, 0.2) is 36.5 Å². The smallest absolute Gasteiger partial charge is 0.333 e.